The van der Waals surface area contributed by atoms with E-state index in [4.69, 9.17) is 0 Å². The molecule has 0 aliphatic heterocycles. The molecule has 0 saturated heterocycles. The molecule has 0 bridgehead atoms. The van der Waals surface area contributed by atoms with Crippen LogP contribution in [0.4, 0.5) is 0 Å². The molecule has 0 aliphatic carbocycles. The van der Waals surface area contributed by atoms with Crippen LogP contribution in [0.2, 0.25) is 0 Å². The van der Waals surface area contributed by atoms with Gasteiger partial charge in [-0.15, -0.1) is 0 Å². The minimum atomic E-state index is -0.866. The SMILES string of the molecule is C/C=C\[C@H](C)CS(=O)c1ccccc1. The lowest BCUT2D eigenvalue weighted by Crippen LogP contribution is -2.05. The molecule has 1 nitrogen and oxygen atoms in total. The van der Waals surface area contributed by atoms with Crippen LogP contribution < -0.4 is 0 Å². The van der Waals surface area contributed by atoms with E-state index < -0.39 is 10.8 Å². The van der Waals surface area contributed by atoms with Gasteiger partial charge in [-0.05, 0) is 25.0 Å². The molecule has 14 heavy (non-hydrogen) atoms. The van der Waals surface area contributed by atoms with Gasteiger partial charge in [0, 0.05) is 10.6 Å². The number of hydrogen-bond donors (Lipinski definition) is 0. The zero-order chi connectivity index (χ0) is 10.4. The van der Waals surface area contributed by atoms with Gasteiger partial charge in [0.25, 0.3) is 0 Å². The van der Waals surface area contributed by atoms with E-state index in [2.05, 4.69) is 13.0 Å². The monoisotopic (exact) mass is 208 g/mol. The van der Waals surface area contributed by atoms with Crippen LogP contribution in [0.15, 0.2) is 47.4 Å². The molecule has 0 aliphatic rings. The van der Waals surface area contributed by atoms with E-state index in [-0.39, 0.29) is 0 Å². The lowest BCUT2D eigenvalue weighted by atomic mass is 10.2. The van der Waals surface area contributed by atoms with Gasteiger partial charge in [0.2, 0.25) is 0 Å². The Kier molecular flexibility index (Phi) is 4.60. The fourth-order valence-corrected chi connectivity index (χ4v) is 2.53. The van der Waals surface area contributed by atoms with Gasteiger partial charge < -0.3 is 0 Å². The maximum Gasteiger partial charge on any atom is 0.0535 e. The van der Waals surface area contributed by atoms with Crippen molar-refractivity contribution in [1.29, 1.82) is 0 Å². The van der Waals surface area contributed by atoms with Crippen LogP contribution in [0.25, 0.3) is 0 Å². The molecular weight excluding hydrogens is 192 g/mol. The average molecular weight is 208 g/mol. The van der Waals surface area contributed by atoms with Gasteiger partial charge in [0.1, 0.15) is 0 Å². The number of rotatable bonds is 4. The van der Waals surface area contributed by atoms with Crippen LogP contribution in [-0.4, -0.2) is 9.96 Å². The van der Waals surface area contributed by atoms with Gasteiger partial charge in [0.05, 0.1) is 10.8 Å². The molecule has 0 amide bonds. The van der Waals surface area contributed by atoms with E-state index in [1.807, 2.05) is 43.3 Å². The average Bonchev–Trinajstić information content (AvgIpc) is 2.19. The molecule has 0 spiro atoms. The smallest absolute Gasteiger partial charge is 0.0535 e. The highest BCUT2D eigenvalue weighted by Crippen LogP contribution is 2.09. The number of hydrogen-bond acceptors (Lipinski definition) is 1. The van der Waals surface area contributed by atoms with Gasteiger partial charge in [-0.2, -0.15) is 0 Å². The molecule has 1 aromatic rings. The van der Waals surface area contributed by atoms with Crippen LogP contribution in [0, 0.1) is 5.92 Å². The minimum absolute atomic E-state index is 0.376. The first-order valence-corrected chi connectivity index (χ1v) is 6.12. The van der Waals surface area contributed by atoms with Crippen LogP contribution in [0.3, 0.4) is 0 Å². The van der Waals surface area contributed by atoms with Crippen molar-refractivity contribution in [1.82, 2.24) is 0 Å². The first-order valence-electron chi connectivity index (χ1n) is 4.80. The molecule has 1 unspecified atom stereocenters. The predicted octanol–water partition coefficient (Wildman–Crippen LogP) is 3.01. The molecule has 0 saturated carbocycles. The summed E-state index contributed by atoms with van der Waals surface area (Å²) in [4.78, 5) is 0.920. The lowest BCUT2D eigenvalue weighted by Gasteiger charge is -2.05. The minimum Gasteiger partial charge on any atom is -0.254 e. The highest BCUT2D eigenvalue weighted by atomic mass is 32.2. The summed E-state index contributed by atoms with van der Waals surface area (Å²) in [6.07, 6.45) is 4.09. The quantitative estimate of drug-likeness (QED) is 0.695. The molecule has 2 heteroatoms. The van der Waals surface area contributed by atoms with Gasteiger partial charge in [-0.1, -0.05) is 37.3 Å². The van der Waals surface area contributed by atoms with Crippen molar-refractivity contribution in [3.05, 3.63) is 42.5 Å². The molecule has 0 N–H and O–H groups in total. The fraction of sp³-hybridized carbons (Fsp3) is 0.333. The van der Waals surface area contributed by atoms with Crippen molar-refractivity contribution in [2.75, 3.05) is 5.75 Å². The largest absolute Gasteiger partial charge is 0.254 e. The lowest BCUT2D eigenvalue weighted by molar-refractivity contribution is 0.675. The second-order valence-corrected chi connectivity index (χ2v) is 4.82. The first kappa shape index (κ1) is 11.2. The Hall–Kier alpha value is -0.890. The standard InChI is InChI=1S/C12H16OS/c1-3-7-11(2)10-14(13)12-8-5-4-6-9-12/h3-9,11H,10H2,1-2H3/b7-3-/t11-,14?/m0/s1. The van der Waals surface area contributed by atoms with E-state index in [0.717, 1.165) is 4.90 Å². The summed E-state index contributed by atoms with van der Waals surface area (Å²) in [5, 5.41) is 0. The van der Waals surface area contributed by atoms with Crippen molar-refractivity contribution < 1.29 is 4.21 Å². The second-order valence-electron chi connectivity index (χ2n) is 3.33. The van der Waals surface area contributed by atoms with Crippen LogP contribution in [0.5, 0.6) is 0 Å². The van der Waals surface area contributed by atoms with Crippen molar-refractivity contribution in [3.63, 3.8) is 0 Å². The Morgan fingerprint density at radius 3 is 2.57 bits per heavy atom. The van der Waals surface area contributed by atoms with Gasteiger partial charge in [-0.25, -0.2) is 0 Å². The molecule has 0 fully saturated rings. The normalized spacial score (nSPS) is 15.6. The summed E-state index contributed by atoms with van der Waals surface area (Å²) in [5.74, 6) is 1.08. The van der Waals surface area contributed by atoms with Gasteiger partial charge in [-0.3, -0.25) is 4.21 Å². The summed E-state index contributed by atoms with van der Waals surface area (Å²) in [5.41, 5.74) is 0. The Bertz CT molecular complexity index is 316. The molecule has 1 rings (SSSR count). The molecular formula is C12H16OS. The summed E-state index contributed by atoms with van der Waals surface area (Å²) in [6, 6.07) is 9.62. The third kappa shape index (κ3) is 3.46. The molecule has 0 heterocycles. The van der Waals surface area contributed by atoms with Crippen molar-refractivity contribution >= 4 is 10.8 Å². The van der Waals surface area contributed by atoms with E-state index in [0.29, 0.717) is 11.7 Å². The van der Waals surface area contributed by atoms with Gasteiger partial charge in [0.15, 0.2) is 0 Å². The summed E-state index contributed by atoms with van der Waals surface area (Å²) >= 11 is 0. The molecule has 1 aromatic carbocycles. The number of benzene rings is 1. The van der Waals surface area contributed by atoms with E-state index in [1.54, 1.807) is 0 Å². The Morgan fingerprint density at radius 1 is 1.36 bits per heavy atom. The fourth-order valence-electron chi connectivity index (χ4n) is 1.29. The maximum absolute atomic E-state index is 11.8. The Morgan fingerprint density at radius 2 is 2.00 bits per heavy atom. The molecule has 76 valence electrons. The van der Waals surface area contributed by atoms with Crippen LogP contribution in [-0.2, 0) is 10.8 Å². The van der Waals surface area contributed by atoms with E-state index in [9.17, 15) is 4.21 Å². The predicted molar refractivity (Wildman–Crippen MR) is 61.7 cm³/mol. The highest BCUT2D eigenvalue weighted by Gasteiger charge is 2.06. The van der Waals surface area contributed by atoms with Crippen LogP contribution >= 0.6 is 0 Å². The second kappa shape index (κ2) is 5.76. The third-order valence-electron chi connectivity index (χ3n) is 1.94. The third-order valence-corrected chi connectivity index (χ3v) is 3.57. The van der Waals surface area contributed by atoms with Crippen molar-refractivity contribution in [3.8, 4) is 0 Å². The summed E-state index contributed by atoms with van der Waals surface area (Å²) in [6.45, 7) is 4.07. The van der Waals surface area contributed by atoms with E-state index in [1.165, 1.54) is 0 Å². The van der Waals surface area contributed by atoms with E-state index >= 15 is 0 Å². The highest BCUT2D eigenvalue weighted by molar-refractivity contribution is 7.85. The molecule has 0 radical (unpaired) electrons. The molecule has 0 aromatic heterocycles. The Labute approximate surface area is 88.3 Å². The first-order chi connectivity index (χ1) is 6.74. The molecule has 2 atom stereocenters. The Balaban J connectivity index is 2.59. The zero-order valence-electron chi connectivity index (χ0n) is 8.64. The van der Waals surface area contributed by atoms with Gasteiger partial charge >= 0.3 is 0 Å². The van der Waals surface area contributed by atoms with Crippen molar-refractivity contribution in [2.24, 2.45) is 5.92 Å². The zero-order valence-corrected chi connectivity index (χ0v) is 9.46. The van der Waals surface area contributed by atoms with Crippen molar-refractivity contribution in [2.45, 2.75) is 18.7 Å². The summed E-state index contributed by atoms with van der Waals surface area (Å²) in [7, 11) is -0.866. The topological polar surface area (TPSA) is 17.1 Å². The maximum atomic E-state index is 11.8. The van der Waals surface area contributed by atoms with Crippen LogP contribution in [0.1, 0.15) is 13.8 Å². The summed E-state index contributed by atoms with van der Waals surface area (Å²) < 4.78 is 11.8. The number of allylic oxidation sites excluding steroid dienone is 2.